The number of carbonyl (C=O) groups excluding carboxylic acids is 1. The molecule has 1 saturated heterocycles. The molecule has 1 aliphatic rings. The zero-order valence-electron chi connectivity index (χ0n) is 48.5. The Hall–Kier alpha value is -1.67. The summed E-state index contributed by atoms with van der Waals surface area (Å²) >= 11 is 0. The number of aliphatic hydroxyl groups excluding tert-OH is 7. The van der Waals surface area contributed by atoms with Crippen LogP contribution >= 0.6 is 0 Å². The van der Waals surface area contributed by atoms with Crippen molar-refractivity contribution >= 4 is 5.91 Å². The number of carbonyl (C=O) groups is 1. The highest BCUT2D eigenvalue weighted by Crippen LogP contribution is 2.23. The van der Waals surface area contributed by atoms with Crippen molar-refractivity contribution in [1.29, 1.82) is 0 Å². The summed E-state index contributed by atoms with van der Waals surface area (Å²) in [4.78, 5) is 13.2. The maximum atomic E-state index is 13.2. The summed E-state index contributed by atoms with van der Waals surface area (Å²) in [6.07, 6.45) is 55.0. The molecule has 0 aliphatic carbocycles. The molecule has 0 saturated carbocycles. The molecule has 0 aromatic carbocycles. The molecule has 75 heavy (non-hydrogen) atoms. The number of ether oxygens (including phenoxy) is 2. The van der Waals surface area contributed by atoms with Crippen LogP contribution in [-0.2, 0) is 14.3 Å². The number of aliphatic hydroxyl groups is 7. The third-order valence-electron chi connectivity index (χ3n) is 15.4. The highest BCUT2D eigenvalue weighted by atomic mass is 16.7. The van der Waals surface area contributed by atoms with E-state index < -0.39 is 74.2 Å². The normalized spacial score (nSPS) is 19.9. The van der Waals surface area contributed by atoms with E-state index in [4.69, 9.17) is 9.47 Å². The van der Waals surface area contributed by atoms with E-state index in [9.17, 15) is 40.5 Å². The van der Waals surface area contributed by atoms with Gasteiger partial charge in [-0.15, -0.1) is 0 Å². The van der Waals surface area contributed by atoms with Crippen molar-refractivity contribution in [3.05, 3.63) is 36.5 Å². The molecule has 0 spiro atoms. The van der Waals surface area contributed by atoms with Crippen LogP contribution in [0.1, 0.15) is 296 Å². The fourth-order valence-corrected chi connectivity index (χ4v) is 10.2. The van der Waals surface area contributed by atoms with E-state index in [1.54, 1.807) is 0 Å². The molecule has 1 aliphatic heterocycles. The number of hydrogen-bond acceptors (Lipinski definition) is 10. The topological polar surface area (TPSA) is 189 Å². The molecule has 0 aromatic heterocycles. The van der Waals surface area contributed by atoms with Crippen molar-refractivity contribution in [3.8, 4) is 0 Å². The van der Waals surface area contributed by atoms with Crippen molar-refractivity contribution in [3.63, 3.8) is 0 Å². The summed E-state index contributed by atoms with van der Waals surface area (Å²) in [5.41, 5.74) is 0. The third kappa shape index (κ3) is 41.1. The largest absolute Gasteiger partial charge is 0.394 e. The molecule has 1 amide bonds. The Kier molecular flexibility index (Phi) is 50.4. The van der Waals surface area contributed by atoms with Gasteiger partial charge >= 0.3 is 0 Å². The Labute approximate surface area is 460 Å². The molecule has 8 N–H and O–H groups in total. The summed E-state index contributed by atoms with van der Waals surface area (Å²) in [6.45, 7) is 3.47. The molecule has 442 valence electrons. The second-order valence-electron chi connectivity index (χ2n) is 22.5. The van der Waals surface area contributed by atoms with E-state index in [-0.39, 0.29) is 12.8 Å². The van der Waals surface area contributed by atoms with Gasteiger partial charge in [0.25, 0.3) is 0 Å². The minimum atomic E-state index is -1.67. The van der Waals surface area contributed by atoms with Crippen LogP contribution in [0, 0.1) is 0 Å². The minimum absolute atomic E-state index is 0.246. The summed E-state index contributed by atoms with van der Waals surface area (Å²) < 4.78 is 11.2. The molecule has 0 bridgehead atoms. The van der Waals surface area contributed by atoms with E-state index in [0.717, 1.165) is 44.9 Å². The smallest absolute Gasteiger partial charge is 0.249 e. The molecule has 0 aromatic rings. The van der Waals surface area contributed by atoms with Gasteiger partial charge in [0.15, 0.2) is 6.29 Å². The Morgan fingerprint density at radius 2 is 0.800 bits per heavy atom. The highest BCUT2D eigenvalue weighted by molar-refractivity contribution is 5.80. The van der Waals surface area contributed by atoms with Crippen LogP contribution in [0.2, 0.25) is 0 Å². The molecule has 1 rings (SSSR count). The van der Waals surface area contributed by atoms with Crippen molar-refractivity contribution in [1.82, 2.24) is 5.32 Å². The molecule has 11 heteroatoms. The summed E-state index contributed by atoms with van der Waals surface area (Å²) in [7, 11) is 0. The van der Waals surface area contributed by atoms with Gasteiger partial charge in [0.2, 0.25) is 5.91 Å². The lowest BCUT2D eigenvalue weighted by Gasteiger charge is -2.40. The van der Waals surface area contributed by atoms with Gasteiger partial charge in [-0.05, 0) is 77.0 Å². The van der Waals surface area contributed by atoms with Gasteiger partial charge in [-0.3, -0.25) is 4.79 Å². The molecule has 1 fully saturated rings. The number of nitrogens with one attached hydrogen (secondary N) is 1. The minimum Gasteiger partial charge on any atom is -0.394 e. The fourth-order valence-electron chi connectivity index (χ4n) is 10.2. The molecule has 9 unspecified atom stereocenters. The first-order valence-corrected chi connectivity index (χ1v) is 31.9. The van der Waals surface area contributed by atoms with Crippen LogP contribution in [0.5, 0.6) is 0 Å². The van der Waals surface area contributed by atoms with Crippen LogP contribution in [-0.4, -0.2) is 110 Å². The van der Waals surface area contributed by atoms with Gasteiger partial charge in [0.05, 0.1) is 25.4 Å². The highest BCUT2D eigenvalue weighted by Gasteiger charge is 2.44. The molecule has 9 atom stereocenters. The fraction of sp³-hybridized carbons (Fsp3) is 0.891. The molecule has 1 heterocycles. The summed E-state index contributed by atoms with van der Waals surface area (Å²) in [5.74, 6) is -0.710. The van der Waals surface area contributed by atoms with Gasteiger partial charge in [0, 0.05) is 0 Å². The molecular formula is C64H121NO10. The predicted octanol–water partition coefficient (Wildman–Crippen LogP) is 14.2. The first kappa shape index (κ1) is 71.3. The van der Waals surface area contributed by atoms with E-state index in [1.807, 2.05) is 0 Å². The molecular weight excluding hydrogens is 943 g/mol. The SMILES string of the molecule is CCCCCCCCCCCCCC/C=C\CCCCCCCCCCC(O)C(=O)NC(COC1OC(CO)C(O)C(O)C1O)C(O)C(O)CCC/C=C/CC/C=C/CCCCCCCCCCCCCCCCC. The van der Waals surface area contributed by atoms with Crippen molar-refractivity contribution < 1.29 is 50.0 Å². The van der Waals surface area contributed by atoms with Crippen LogP contribution in [0.4, 0.5) is 0 Å². The average molecular weight is 1060 g/mol. The van der Waals surface area contributed by atoms with E-state index in [1.165, 1.54) is 205 Å². The van der Waals surface area contributed by atoms with Crippen molar-refractivity contribution in [2.45, 2.75) is 351 Å². The predicted molar refractivity (Wildman–Crippen MR) is 312 cm³/mol. The van der Waals surface area contributed by atoms with Gasteiger partial charge < -0.3 is 50.5 Å². The first-order valence-electron chi connectivity index (χ1n) is 31.9. The van der Waals surface area contributed by atoms with Gasteiger partial charge in [0.1, 0.15) is 36.6 Å². The van der Waals surface area contributed by atoms with Crippen LogP contribution in [0.25, 0.3) is 0 Å². The number of hydrogen-bond donors (Lipinski definition) is 8. The van der Waals surface area contributed by atoms with E-state index in [2.05, 4.69) is 55.6 Å². The zero-order valence-corrected chi connectivity index (χ0v) is 48.5. The van der Waals surface area contributed by atoms with Crippen molar-refractivity contribution in [2.75, 3.05) is 13.2 Å². The van der Waals surface area contributed by atoms with E-state index >= 15 is 0 Å². The van der Waals surface area contributed by atoms with Gasteiger partial charge in [-0.25, -0.2) is 0 Å². The Morgan fingerprint density at radius 1 is 0.453 bits per heavy atom. The van der Waals surface area contributed by atoms with Gasteiger partial charge in [-0.2, -0.15) is 0 Å². The lowest BCUT2D eigenvalue weighted by Crippen LogP contribution is -2.60. The van der Waals surface area contributed by atoms with E-state index in [0.29, 0.717) is 19.3 Å². The maximum Gasteiger partial charge on any atom is 0.249 e. The van der Waals surface area contributed by atoms with Crippen LogP contribution in [0.15, 0.2) is 36.5 Å². The summed E-state index contributed by atoms with van der Waals surface area (Å²) in [5, 5.41) is 76.3. The lowest BCUT2D eigenvalue weighted by molar-refractivity contribution is -0.303. The Bertz CT molecular complexity index is 1310. The number of unbranched alkanes of at least 4 members (excludes halogenated alkanes) is 37. The molecule has 11 nitrogen and oxygen atoms in total. The first-order chi connectivity index (χ1) is 36.7. The Balaban J connectivity index is 2.30. The number of allylic oxidation sites excluding steroid dienone is 6. The standard InChI is InChI=1S/C64H121NO10/c1-3-5-7-9-11-13-15-17-19-21-23-25-27-29-31-33-35-37-39-41-43-45-47-49-51-56(67)59(69)55(54-74-64-62(72)61(71)60(70)58(53-66)75-64)65-63(73)57(68)52-50-48-46-44-42-40-38-36-34-32-30-28-26-24-22-20-18-16-14-12-10-8-6-4-2/h30,32,35,37,43,45,55-62,64,66-72H,3-29,31,33-34,36,38-42,44,46-54H2,1-2H3,(H,65,73)/b32-30-,37-35+,45-43+. The second kappa shape index (κ2) is 53.0. The second-order valence-corrected chi connectivity index (χ2v) is 22.5. The maximum absolute atomic E-state index is 13.2. The van der Waals surface area contributed by atoms with Crippen LogP contribution < -0.4 is 5.32 Å². The van der Waals surface area contributed by atoms with Crippen LogP contribution in [0.3, 0.4) is 0 Å². The van der Waals surface area contributed by atoms with Crippen molar-refractivity contribution in [2.24, 2.45) is 0 Å². The third-order valence-corrected chi connectivity index (χ3v) is 15.4. The average Bonchev–Trinajstić information content (AvgIpc) is 3.41. The lowest BCUT2D eigenvalue weighted by atomic mass is 9.98. The Morgan fingerprint density at radius 3 is 1.19 bits per heavy atom. The van der Waals surface area contributed by atoms with Gasteiger partial charge in [-0.1, -0.05) is 256 Å². The number of rotatable bonds is 55. The summed E-state index contributed by atoms with van der Waals surface area (Å²) in [6, 6.07) is -1.19. The monoisotopic (exact) mass is 1060 g/mol. The quantitative estimate of drug-likeness (QED) is 0.0215. The number of amides is 1. The molecule has 0 radical (unpaired) electrons. The zero-order chi connectivity index (χ0) is 54.7.